The summed E-state index contributed by atoms with van der Waals surface area (Å²) in [6.07, 6.45) is 10.6. The maximum atomic E-state index is 11.9. The van der Waals surface area contributed by atoms with Gasteiger partial charge in [-0.25, -0.2) is 0 Å². The van der Waals surface area contributed by atoms with Crippen molar-refractivity contribution in [1.29, 1.82) is 0 Å². The smallest absolute Gasteiger partial charge is 0.309 e. The molecule has 2 N–H and O–H groups in total. The summed E-state index contributed by atoms with van der Waals surface area (Å²) in [4.78, 5) is 11.9. The first-order valence-corrected chi connectivity index (χ1v) is 7.39. The second-order valence-corrected chi connectivity index (χ2v) is 5.83. The summed E-state index contributed by atoms with van der Waals surface area (Å²) in [6, 6.07) is 0. The average Bonchev–Trinajstić information content (AvgIpc) is 3.13. The summed E-state index contributed by atoms with van der Waals surface area (Å²) in [6.45, 7) is 6.17. The summed E-state index contributed by atoms with van der Waals surface area (Å²) >= 11 is 0. The lowest BCUT2D eigenvalue weighted by Crippen LogP contribution is -2.63. The van der Waals surface area contributed by atoms with Gasteiger partial charge < -0.3 is 4.74 Å². The molecule has 0 aromatic rings. The average molecular weight is 278 g/mol. The van der Waals surface area contributed by atoms with Crippen molar-refractivity contribution in [3.8, 4) is 0 Å². The van der Waals surface area contributed by atoms with Crippen LogP contribution in [0, 0.1) is 17.3 Å². The molecule has 1 spiro atoms. The fraction of sp³-hybridized carbons (Fsp3) is 0.625. The Morgan fingerprint density at radius 2 is 2.35 bits per heavy atom. The quantitative estimate of drug-likeness (QED) is 0.263. The van der Waals surface area contributed by atoms with Gasteiger partial charge in [0.05, 0.1) is 12.5 Å². The van der Waals surface area contributed by atoms with Crippen molar-refractivity contribution >= 4 is 12.2 Å². The SMILES string of the molecule is C=C/C(=C\C=[NH+]\O)C1CCCC2(C1)CC2C(=O)OCC. The lowest BCUT2D eigenvalue weighted by Gasteiger charge is -2.30. The first kappa shape index (κ1) is 14.8. The molecule has 0 aromatic carbocycles. The van der Waals surface area contributed by atoms with Crippen molar-refractivity contribution in [3.63, 3.8) is 0 Å². The minimum atomic E-state index is -0.0270. The normalized spacial score (nSPS) is 33.4. The van der Waals surface area contributed by atoms with E-state index in [9.17, 15) is 4.79 Å². The van der Waals surface area contributed by atoms with Crippen LogP contribution in [0.5, 0.6) is 0 Å². The third-order valence-electron chi connectivity index (χ3n) is 4.70. The summed E-state index contributed by atoms with van der Waals surface area (Å²) in [5, 5.41) is 10.7. The second-order valence-electron chi connectivity index (χ2n) is 5.83. The molecule has 0 bridgehead atoms. The van der Waals surface area contributed by atoms with E-state index < -0.39 is 0 Å². The number of ether oxygens (including phenoxy) is 1. The van der Waals surface area contributed by atoms with E-state index in [0.717, 1.165) is 37.7 Å². The number of carbonyl (C=O) groups is 1. The number of hydrogen-bond acceptors (Lipinski definition) is 3. The molecule has 110 valence electrons. The highest BCUT2D eigenvalue weighted by Gasteiger charge is 2.60. The van der Waals surface area contributed by atoms with E-state index in [1.165, 1.54) is 6.21 Å². The van der Waals surface area contributed by atoms with Gasteiger partial charge in [0.2, 0.25) is 6.21 Å². The third kappa shape index (κ3) is 2.94. The van der Waals surface area contributed by atoms with Gasteiger partial charge in [0.1, 0.15) is 0 Å². The standard InChI is InChI=1S/C16H23NO3/c1-3-12(7-9-17-19)13-6-5-8-16(10-13)11-14(16)15(18)20-4-2/h3,7,9,13-14,19H,1,4-6,8,10-11H2,2H3/p+1/b12-7+,17-9+. The monoisotopic (exact) mass is 278 g/mol. The molecular weight excluding hydrogens is 254 g/mol. The summed E-state index contributed by atoms with van der Waals surface area (Å²) in [7, 11) is 0. The first-order valence-electron chi connectivity index (χ1n) is 7.39. The number of nitrogens with one attached hydrogen (secondary N) is 1. The molecule has 2 fully saturated rings. The van der Waals surface area contributed by atoms with Gasteiger partial charge in [-0.15, -0.1) is 0 Å². The third-order valence-corrected chi connectivity index (χ3v) is 4.70. The lowest BCUT2D eigenvalue weighted by atomic mass is 9.74. The summed E-state index contributed by atoms with van der Waals surface area (Å²) < 4.78 is 5.16. The van der Waals surface area contributed by atoms with Crippen molar-refractivity contribution in [1.82, 2.24) is 0 Å². The van der Waals surface area contributed by atoms with Crippen molar-refractivity contribution < 1.29 is 19.9 Å². The van der Waals surface area contributed by atoms with Gasteiger partial charge in [-0.2, -0.15) is 0 Å². The van der Waals surface area contributed by atoms with Gasteiger partial charge in [-0.3, -0.25) is 10.0 Å². The van der Waals surface area contributed by atoms with Gasteiger partial charge in [0.25, 0.3) is 0 Å². The molecule has 2 aliphatic carbocycles. The van der Waals surface area contributed by atoms with Crippen LogP contribution in [0.15, 0.2) is 24.3 Å². The maximum Gasteiger partial charge on any atom is 0.309 e. The van der Waals surface area contributed by atoms with Crippen molar-refractivity contribution in [2.24, 2.45) is 17.3 Å². The molecule has 0 heterocycles. The zero-order chi connectivity index (χ0) is 14.6. The maximum absolute atomic E-state index is 11.9. The molecule has 4 nitrogen and oxygen atoms in total. The molecule has 3 unspecified atom stereocenters. The molecule has 3 atom stereocenters. The van der Waals surface area contributed by atoms with E-state index in [1.54, 1.807) is 0 Å². The highest BCUT2D eigenvalue weighted by atomic mass is 16.5. The van der Waals surface area contributed by atoms with Gasteiger partial charge in [-0.1, -0.05) is 19.1 Å². The highest BCUT2D eigenvalue weighted by molar-refractivity contribution is 5.77. The van der Waals surface area contributed by atoms with Crippen LogP contribution < -0.4 is 5.16 Å². The highest BCUT2D eigenvalue weighted by Crippen LogP contribution is 2.63. The molecule has 0 radical (unpaired) electrons. The van der Waals surface area contributed by atoms with Crippen LogP contribution >= 0.6 is 0 Å². The van der Waals surface area contributed by atoms with E-state index >= 15 is 0 Å². The van der Waals surface area contributed by atoms with Crippen LogP contribution in [0.1, 0.15) is 39.0 Å². The molecule has 0 aliphatic heterocycles. The van der Waals surface area contributed by atoms with E-state index in [4.69, 9.17) is 9.94 Å². The van der Waals surface area contributed by atoms with Crippen molar-refractivity contribution in [2.75, 3.05) is 6.61 Å². The predicted octanol–water partition coefficient (Wildman–Crippen LogP) is 1.40. The largest absolute Gasteiger partial charge is 0.466 e. The number of hydrogen-bond donors (Lipinski definition) is 2. The van der Waals surface area contributed by atoms with E-state index in [-0.39, 0.29) is 17.3 Å². The number of rotatable bonds is 5. The molecule has 0 amide bonds. The fourth-order valence-electron chi connectivity index (χ4n) is 3.61. The Morgan fingerprint density at radius 3 is 3.00 bits per heavy atom. The molecule has 20 heavy (non-hydrogen) atoms. The topological polar surface area (TPSA) is 60.5 Å². The predicted molar refractivity (Wildman–Crippen MR) is 76.2 cm³/mol. The van der Waals surface area contributed by atoms with Crippen LogP contribution in [-0.2, 0) is 9.53 Å². The lowest BCUT2D eigenvalue weighted by molar-refractivity contribution is -0.733. The minimum absolute atomic E-state index is 0.0270. The number of carbonyl (C=O) groups excluding carboxylic acids is 1. The van der Waals surface area contributed by atoms with Gasteiger partial charge in [-0.05, 0) is 54.7 Å². The Hall–Kier alpha value is -1.58. The van der Waals surface area contributed by atoms with Crippen LogP contribution in [0.3, 0.4) is 0 Å². The fourth-order valence-corrected chi connectivity index (χ4v) is 3.61. The molecule has 2 rings (SSSR count). The van der Waals surface area contributed by atoms with Crippen molar-refractivity contribution in [2.45, 2.75) is 39.0 Å². The molecule has 0 aromatic heterocycles. The van der Waals surface area contributed by atoms with Gasteiger partial charge in [0.15, 0.2) is 0 Å². The van der Waals surface area contributed by atoms with E-state index in [0.29, 0.717) is 12.5 Å². The van der Waals surface area contributed by atoms with E-state index in [1.807, 2.05) is 24.2 Å². The van der Waals surface area contributed by atoms with Gasteiger partial charge >= 0.3 is 5.97 Å². The summed E-state index contributed by atoms with van der Waals surface area (Å²) in [5.74, 6) is 0.488. The molecule has 4 heteroatoms. The van der Waals surface area contributed by atoms with Crippen LogP contribution in [0.25, 0.3) is 0 Å². The zero-order valence-corrected chi connectivity index (χ0v) is 12.1. The molecule has 2 saturated carbocycles. The Labute approximate surface area is 120 Å². The Kier molecular flexibility index (Phi) is 4.63. The first-order chi connectivity index (χ1) is 9.66. The van der Waals surface area contributed by atoms with Gasteiger partial charge in [0, 0.05) is 6.08 Å². The zero-order valence-electron chi connectivity index (χ0n) is 12.1. The molecular formula is C16H24NO3+. The second kappa shape index (κ2) is 6.25. The Balaban J connectivity index is 2.03. The van der Waals surface area contributed by atoms with Crippen LogP contribution in [0.2, 0.25) is 0 Å². The molecule has 2 aliphatic rings. The van der Waals surface area contributed by atoms with E-state index in [2.05, 4.69) is 6.58 Å². The van der Waals surface area contributed by atoms with Crippen LogP contribution in [0.4, 0.5) is 0 Å². The minimum Gasteiger partial charge on any atom is -0.466 e. The van der Waals surface area contributed by atoms with Crippen molar-refractivity contribution in [3.05, 3.63) is 24.3 Å². The number of allylic oxidation sites excluding steroid dienone is 3. The molecule has 0 saturated heterocycles. The summed E-state index contributed by atoms with van der Waals surface area (Å²) in [5.41, 5.74) is 1.28. The Morgan fingerprint density at radius 1 is 1.55 bits per heavy atom. The van der Waals surface area contributed by atoms with Crippen LogP contribution in [-0.4, -0.2) is 24.0 Å². The Bertz CT molecular complexity index is 441. The number of esters is 1.